The summed E-state index contributed by atoms with van der Waals surface area (Å²) in [5.41, 5.74) is 3.09. The summed E-state index contributed by atoms with van der Waals surface area (Å²) in [6.45, 7) is 17.1. The second-order valence-corrected chi connectivity index (χ2v) is 10.6. The SMILES string of the molecule is C=C/C(=C\C)C(C)N1C(=O)C(c2cc(C)cc(Cl)c2)NC12CCC(C(C)(C)C)CC2. The Bertz CT molecular complexity index is 823. The minimum absolute atomic E-state index is 0.0241. The molecule has 30 heavy (non-hydrogen) atoms. The van der Waals surface area contributed by atoms with Crippen molar-refractivity contribution in [1.82, 2.24) is 10.2 Å². The molecule has 0 radical (unpaired) electrons. The van der Waals surface area contributed by atoms with Crippen LogP contribution in [0.25, 0.3) is 0 Å². The maximum Gasteiger partial charge on any atom is 0.246 e. The lowest BCUT2D eigenvalue weighted by atomic mass is 9.69. The Morgan fingerprint density at radius 2 is 1.93 bits per heavy atom. The van der Waals surface area contributed by atoms with Crippen molar-refractivity contribution >= 4 is 17.5 Å². The van der Waals surface area contributed by atoms with Crippen molar-refractivity contribution in [3.05, 3.63) is 58.7 Å². The zero-order valence-electron chi connectivity index (χ0n) is 19.4. The maximum absolute atomic E-state index is 13.8. The molecule has 164 valence electrons. The lowest BCUT2D eigenvalue weighted by Crippen LogP contribution is -2.58. The van der Waals surface area contributed by atoms with Crippen LogP contribution in [0.1, 0.15) is 77.5 Å². The fourth-order valence-corrected chi connectivity index (χ4v) is 5.79. The second-order valence-electron chi connectivity index (χ2n) is 10.2. The van der Waals surface area contributed by atoms with E-state index in [0.717, 1.165) is 42.4 Å². The highest BCUT2D eigenvalue weighted by Gasteiger charge is 2.54. The molecule has 1 aliphatic carbocycles. The molecule has 4 heteroatoms. The topological polar surface area (TPSA) is 32.3 Å². The number of carbonyl (C=O) groups is 1. The number of hydrogen-bond donors (Lipinski definition) is 1. The third kappa shape index (κ3) is 4.24. The van der Waals surface area contributed by atoms with Gasteiger partial charge in [0.15, 0.2) is 0 Å². The van der Waals surface area contributed by atoms with Crippen molar-refractivity contribution in [2.75, 3.05) is 0 Å². The van der Waals surface area contributed by atoms with E-state index in [4.69, 9.17) is 11.6 Å². The molecule has 3 nitrogen and oxygen atoms in total. The molecule has 2 unspecified atom stereocenters. The summed E-state index contributed by atoms with van der Waals surface area (Å²) in [6.07, 6.45) is 8.12. The third-order valence-corrected chi connectivity index (χ3v) is 7.45. The number of amides is 1. The quantitative estimate of drug-likeness (QED) is 0.549. The van der Waals surface area contributed by atoms with Gasteiger partial charge in [0.25, 0.3) is 0 Å². The van der Waals surface area contributed by atoms with Crippen molar-refractivity contribution in [3.63, 3.8) is 0 Å². The van der Waals surface area contributed by atoms with Gasteiger partial charge >= 0.3 is 0 Å². The first-order chi connectivity index (χ1) is 14.0. The lowest BCUT2D eigenvalue weighted by molar-refractivity contribution is -0.135. The number of allylic oxidation sites excluding steroid dienone is 1. The molecule has 1 N–H and O–H groups in total. The van der Waals surface area contributed by atoms with E-state index in [2.05, 4.69) is 56.6 Å². The van der Waals surface area contributed by atoms with Gasteiger partial charge in [-0.25, -0.2) is 0 Å². The third-order valence-electron chi connectivity index (χ3n) is 7.23. The number of rotatable bonds is 4. The molecule has 1 heterocycles. The molecular formula is C26H37ClN2O. The largest absolute Gasteiger partial charge is 0.316 e. The molecule has 2 atom stereocenters. The van der Waals surface area contributed by atoms with Gasteiger partial charge in [0.1, 0.15) is 6.04 Å². The van der Waals surface area contributed by atoms with Gasteiger partial charge in [-0.2, -0.15) is 0 Å². The van der Waals surface area contributed by atoms with Gasteiger partial charge in [-0.3, -0.25) is 10.1 Å². The number of halogens is 1. The Morgan fingerprint density at radius 3 is 2.43 bits per heavy atom. The summed E-state index contributed by atoms with van der Waals surface area (Å²) in [5, 5.41) is 4.47. The van der Waals surface area contributed by atoms with Crippen LogP contribution < -0.4 is 5.32 Å². The summed E-state index contributed by atoms with van der Waals surface area (Å²) in [6, 6.07) is 5.55. The van der Waals surface area contributed by atoms with Crippen LogP contribution in [0.3, 0.4) is 0 Å². The lowest BCUT2D eigenvalue weighted by Gasteiger charge is -2.48. The van der Waals surface area contributed by atoms with E-state index in [-0.39, 0.29) is 23.7 Å². The Hall–Kier alpha value is -1.58. The van der Waals surface area contributed by atoms with Crippen molar-refractivity contribution in [2.24, 2.45) is 11.3 Å². The van der Waals surface area contributed by atoms with E-state index in [1.807, 2.05) is 32.1 Å². The number of hydrogen-bond acceptors (Lipinski definition) is 2. The Morgan fingerprint density at radius 1 is 1.30 bits per heavy atom. The molecule has 1 spiro atoms. The Balaban J connectivity index is 2.00. The van der Waals surface area contributed by atoms with Crippen molar-refractivity contribution in [1.29, 1.82) is 0 Å². The van der Waals surface area contributed by atoms with E-state index < -0.39 is 0 Å². The second kappa shape index (κ2) is 8.51. The predicted molar refractivity (Wildman–Crippen MR) is 126 cm³/mol. The smallest absolute Gasteiger partial charge is 0.246 e. The fraction of sp³-hybridized carbons (Fsp3) is 0.577. The first-order valence-corrected chi connectivity index (χ1v) is 11.6. The number of aryl methyl sites for hydroxylation is 1. The van der Waals surface area contributed by atoms with Gasteiger partial charge in [0.2, 0.25) is 5.91 Å². The van der Waals surface area contributed by atoms with Gasteiger partial charge in [0, 0.05) is 5.02 Å². The summed E-state index contributed by atoms with van der Waals surface area (Å²) >= 11 is 6.34. The van der Waals surface area contributed by atoms with Crippen LogP contribution in [0.5, 0.6) is 0 Å². The van der Waals surface area contributed by atoms with Crippen LogP contribution in [0, 0.1) is 18.3 Å². The molecule has 1 amide bonds. The van der Waals surface area contributed by atoms with E-state index in [9.17, 15) is 4.79 Å². The van der Waals surface area contributed by atoms with Gasteiger partial charge in [-0.05, 0) is 86.6 Å². The Kier molecular flexibility index (Phi) is 6.55. The molecule has 1 aromatic carbocycles. The number of benzene rings is 1. The molecular weight excluding hydrogens is 392 g/mol. The average Bonchev–Trinajstić information content (AvgIpc) is 2.93. The minimum atomic E-state index is -0.362. The van der Waals surface area contributed by atoms with Crippen molar-refractivity contribution < 1.29 is 4.79 Å². The molecule has 0 bridgehead atoms. The van der Waals surface area contributed by atoms with E-state index in [1.165, 1.54) is 0 Å². The van der Waals surface area contributed by atoms with Crippen molar-refractivity contribution in [3.8, 4) is 0 Å². The molecule has 1 aromatic rings. The summed E-state index contributed by atoms with van der Waals surface area (Å²) in [4.78, 5) is 15.9. The van der Waals surface area contributed by atoms with Gasteiger partial charge in [-0.15, -0.1) is 0 Å². The summed E-state index contributed by atoms with van der Waals surface area (Å²) in [5.74, 6) is 0.810. The predicted octanol–water partition coefficient (Wildman–Crippen LogP) is 6.57. The van der Waals surface area contributed by atoms with Gasteiger partial charge < -0.3 is 4.90 Å². The molecule has 2 fully saturated rings. The van der Waals surface area contributed by atoms with Crippen LogP contribution >= 0.6 is 11.6 Å². The summed E-state index contributed by atoms with van der Waals surface area (Å²) < 4.78 is 0. The van der Waals surface area contributed by atoms with Crippen LogP contribution in [0.15, 0.2) is 42.5 Å². The minimum Gasteiger partial charge on any atom is -0.316 e. The highest BCUT2D eigenvalue weighted by molar-refractivity contribution is 6.30. The molecule has 0 aromatic heterocycles. The summed E-state index contributed by atoms with van der Waals surface area (Å²) in [7, 11) is 0. The van der Waals surface area contributed by atoms with Crippen LogP contribution in [-0.2, 0) is 4.79 Å². The monoisotopic (exact) mass is 428 g/mol. The molecule has 2 aliphatic rings. The van der Waals surface area contributed by atoms with E-state index >= 15 is 0 Å². The highest BCUT2D eigenvalue weighted by atomic mass is 35.5. The zero-order valence-corrected chi connectivity index (χ0v) is 20.1. The van der Waals surface area contributed by atoms with E-state index in [0.29, 0.717) is 16.4 Å². The highest BCUT2D eigenvalue weighted by Crippen LogP contribution is 2.47. The molecule has 1 saturated carbocycles. The average molecular weight is 429 g/mol. The number of nitrogens with zero attached hydrogens (tertiary/aromatic N) is 1. The van der Waals surface area contributed by atoms with Crippen LogP contribution in [-0.4, -0.2) is 22.5 Å². The van der Waals surface area contributed by atoms with E-state index in [1.54, 1.807) is 0 Å². The number of nitrogens with one attached hydrogen (secondary N) is 1. The first kappa shape index (κ1) is 23.1. The maximum atomic E-state index is 13.8. The van der Waals surface area contributed by atoms with Crippen molar-refractivity contribution in [2.45, 2.75) is 85.0 Å². The molecule has 1 aliphatic heterocycles. The standard InChI is InChI=1S/C26H37ClN2O/c1-8-19(9-2)18(4)29-24(30)23(20-14-17(3)15-22(27)16-20)28-26(29)12-10-21(11-13-26)25(5,6)7/h8-9,14-16,18,21,23,28H,1,10-13H2,2-7H3/b19-9+. The molecule has 3 rings (SSSR count). The fourth-order valence-electron chi connectivity index (χ4n) is 5.49. The zero-order chi connectivity index (χ0) is 22.3. The van der Waals surface area contributed by atoms with Gasteiger partial charge in [0.05, 0.1) is 11.7 Å². The van der Waals surface area contributed by atoms with Crippen LogP contribution in [0.4, 0.5) is 0 Å². The normalized spacial score (nSPS) is 28.8. The molecule has 1 saturated heterocycles. The first-order valence-electron chi connectivity index (χ1n) is 11.2. The Labute approximate surface area is 187 Å². The number of carbonyl (C=O) groups excluding carboxylic acids is 1. The van der Waals surface area contributed by atoms with Gasteiger partial charge in [-0.1, -0.05) is 57.2 Å². The van der Waals surface area contributed by atoms with Crippen LogP contribution in [0.2, 0.25) is 5.02 Å².